The van der Waals surface area contributed by atoms with Gasteiger partial charge in [-0.15, -0.1) is 0 Å². The van der Waals surface area contributed by atoms with Crippen LogP contribution in [0.15, 0.2) is 97.1 Å². The van der Waals surface area contributed by atoms with Crippen molar-refractivity contribution >= 4 is 99.6 Å². The van der Waals surface area contributed by atoms with E-state index in [1.165, 1.54) is 25.2 Å². The van der Waals surface area contributed by atoms with E-state index in [0.29, 0.717) is 54.6 Å². The van der Waals surface area contributed by atoms with E-state index in [4.69, 9.17) is 85.4 Å². The van der Waals surface area contributed by atoms with E-state index in [0.717, 1.165) is 67.8 Å². The summed E-state index contributed by atoms with van der Waals surface area (Å²) in [5.41, 5.74) is 4.81. The molecule has 41 heteroatoms. The number of phenolic OH excluding ortho intramolecular Hbond substituents is 3. The number of likely N-dealkylation sites (N-methyl/N-ethyl adjacent to an activating group) is 1. The minimum absolute atomic E-state index is 0.0988. The second kappa shape index (κ2) is 39.5. The van der Waals surface area contributed by atoms with E-state index >= 15 is 24.0 Å². The number of nitrogens with one attached hydrogen (secondary N) is 10. The van der Waals surface area contributed by atoms with Gasteiger partial charge in [0.25, 0.3) is 5.91 Å². The molecule has 18 unspecified atom stereocenters. The van der Waals surface area contributed by atoms with Crippen LogP contribution in [0.5, 0.6) is 46.0 Å². The number of aromatic hydroxyl groups is 3. The first kappa shape index (κ1) is 92.2. The van der Waals surface area contributed by atoms with Gasteiger partial charge in [-0.3, -0.25) is 48.0 Å². The number of piperidine rings is 1. The Labute approximate surface area is 724 Å². The highest BCUT2D eigenvalue weighted by Crippen LogP contribution is 2.50. The van der Waals surface area contributed by atoms with Crippen LogP contribution in [-0.4, -0.2) is 236 Å². The highest BCUT2D eigenvalue weighted by atomic mass is 35.5. The number of aliphatic hydroxyl groups is 6. The smallest absolute Gasteiger partial charge is 0.270 e. The van der Waals surface area contributed by atoms with Crippen molar-refractivity contribution in [2.24, 2.45) is 11.7 Å². The number of carbonyl (C=O) groups excluding carboxylic acids is 9. The first-order chi connectivity index (χ1) is 58.4. The van der Waals surface area contributed by atoms with Crippen molar-refractivity contribution in [3.63, 3.8) is 0 Å². The second-order valence-electron chi connectivity index (χ2n) is 31.5. The Morgan fingerprint density at radius 3 is 1.95 bits per heavy atom. The Morgan fingerprint density at radius 2 is 1.33 bits per heavy atom. The number of primary amides is 1. The molecule has 8 heterocycles. The topological polar surface area (TPSA) is 550 Å². The Hall–Kier alpha value is -10.0. The Morgan fingerprint density at radius 1 is 0.683 bits per heavy atom. The fourth-order valence-corrected chi connectivity index (χ4v) is 16.5. The van der Waals surface area contributed by atoms with E-state index in [1.807, 2.05) is 13.8 Å². The van der Waals surface area contributed by atoms with E-state index in [2.05, 4.69) is 58.2 Å². The van der Waals surface area contributed by atoms with Crippen LogP contribution in [-0.2, 0) is 68.6 Å². The molecule has 662 valence electrons. The monoisotopic (exact) mass is 1790 g/mol. The molecule has 6 aromatic carbocycles. The predicted molar refractivity (Wildman–Crippen MR) is 438 cm³/mol. The number of benzene rings is 6. The van der Waals surface area contributed by atoms with Crippen molar-refractivity contribution in [2.75, 3.05) is 46.9 Å². The van der Waals surface area contributed by atoms with Gasteiger partial charge < -0.3 is 133 Å². The number of hydroxylamine groups is 1. The number of aliphatic hydroxyl groups excluding tert-OH is 6. The van der Waals surface area contributed by atoms with Gasteiger partial charge in [-0.05, 0) is 146 Å². The molecule has 11 bridgehead atoms. The molecule has 3 fully saturated rings. The Balaban J connectivity index is 0.981. The summed E-state index contributed by atoms with van der Waals surface area (Å²) < 4.78 is 39.6. The maximum absolute atomic E-state index is 16.3. The number of fused-ring (bicyclic) bond motifs is 15. The van der Waals surface area contributed by atoms with Crippen molar-refractivity contribution < 1.29 is 122 Å². The number of rotatable bonds is 21. The molecule has 18 atom stereocenters. The number of phenols is 3. The molecular weight excluding hydrogens is 1690 g/mol. The van der Waals surface area contributed by atoms with Gasteiger partial charge in [0, 0.05) is 61.4 Å². The summed E-state index contributed by atoms with van der Waals surface area (Å²) in [6, 6.07) is 4.85. The molecule has 0 radical (unpaired) electrons. The van der Waals surface area contributed by atoms with Gasteiger partial charge in [0.1, 0.15) is 95.5 Å². The molecule has 14 rings (SSSR count). The lowest BCUT2D eigenvalue weighted by molar-refractivity contribution is -0.334. The van der Waals surface area contributed by atoms with Crippen molar-refractivity contribution in [2.45, 2.75) is 182 Å². The van der Waals surface area contributed by atoms with Gasteiger partial charge in [0.2, 0.25) is 59.3 Å². The zero-order valence-corrected chi connectivity index (χ0v) is 70.1. The molecule has 0 saturated carbocycles. The molecule has 0 aromatic heterocycles. The Kier molecular flexibility index (Phi) is 29.6. The van der Waals surface area contributed by atoms with Crippen molar-refractivity contribution in [1.29, 1.82) is 0 Å². The number of hydrogen-bond donors (Lipinski definition) is 20. The Bertz CT molecular complexity index is 4990. The number of nitrogens with two attached hydrogens (primary N) is 1. The number of hydrogen-bond acceptors (Lipinski definition) is 28. The SMILES string of the molecule is CNC(CC(C)C)C(=O)NC1C(=O)NC(CC(N)=O)C(=O)NC2C(=O)NC3C(=O)NC(C(=O)NC(C(=O)NOC)c4cc(O)cc(O)c4-c4cc3ccc4O)C(O)c3ccc(c(Cl)c3)Oc3cc2cc(c3OC2OC(CO)C(O)C(O)C2OC2CC(C)(NCCN3CCC(NC(=O)Cc4ccc(Cl)c(Cl)c4)CC3)C(O)C(C)O2)Oc2ccc(cc2Cl)C1O. The number of halogens is 4. The average Bonchev–Trinajstić information content (AvgIpc) is 0.765. The fraction of sp³-hybridized carbons (Fsp3) is 0.451. The third-order valence-electron chi connectivity index (χ3n) is 22.2. The lowest BCUT2D eigenvalue weighted by atomic mass is 9.85. The van der Waals surface area contributed by atoms with Gasteiger partial charge in [-0.2, -0.15) is 0 Å². The molecule has 0 spiro atoms. The van der Waals surface area contributed by atoms with Gasteiger partial charge in [0.05, 0.1) is 64.9 Å². The van der Waals surface area contributed by atoms with E-state index in [1.54, 1.807) is 32.0 Å². The highest BCUT2D eigenvalue weighted by Gasteiger charge is 2.52. The molecule has 9 amide bonds. The molecule has 8 aliphatic heterocycles. The minimum atomic E-state index is -2.36. The summed E-state index contributed by atoms with van der Waals surface area (Å²) in [7, 11) is 2.52. The number of amides is 9. The van der Waals surface area contributed by atoms with E-state index in [-0.39, 0.29) is 64.6 Å². The predicted octanol–water partition coefficient (Wildman–Crippen LogP) is 2.46. The molecule has 3 saturated heterocycles. The van der Waals surface area contributed by atoms with E-state index < -0.39 is 237 Å². The largest absolute Gasteiger partial charge is 0.508 e. The summed E-state index contributed by atoms with van der Waals surface area (Å²) in [5.74, 6) is -15.3. The lowest BCUT2D eigenvalue weighted by Gasteiger charge is -2.48. The third-order valence-corrected chi connectivity index (χ3v) is 23.5. The van der Waals surface area contributed by atoms with E-state index in [9.17, 15) is 65.1 Å². The van der Waals surface area contributed by atoms with Crippen LogP contribution in [0.4, 0.5) is 0 Å². The summed E-state index contributed by atoms with van der Waals surface area (Å²) in [6.07, 6.45) is -17.3. The van der Waals surface area contributed by atoms with Crippen LogP contribution in [0, 0.1) is 5.92 Å². The van der Waals surface area contributed by atoms with Gasteiger partial charge >= 0.3 is 0 Å². The summed E-state index contributed by atoms with van der Waals surface area (Å²) in [6.45, 7) is 8.00. The van der Waals surface area contributed by atoms with Crippen LogP contribution in [0.25, 0.3) is 11.1 Å². The quantitative estimate of drug-likeness (QED) is 0.0460. The van der Waals surface area contributed by atoms with Crippen molar-refractivity contribution in [3.05, 3.63) is 151 Å². The molecule has 123 heavy (non-hydrogen) atoms. The standard InChI is InChI=1S/C82H96Cl4N12O25/c1-34(2)21-49(88-5)74(110)95-65-67(105)38-9-13-53(47(85)25-38)119-55-27-40-28-56(71(55)123-81-72(70(108)69(107)57(33-99)121-81)122-60-32-82(4,73(109)35(3)118-60)89-17-20-98-18-15-41(16-19-98)90-59(104)23-36-7-11-45(83)46(84)22-36)120-54-14-10-39(26-48(54)86)68(106)66-79(115)94-64(80(116)97-117-6)44-29-42(100)30-52(102)61(44)43-24-37(8-12-51(43)101)62(76(112)96-66)93-77(113)63(40)92-75(111)50(31-58(87)103)91-78(65)114/h7-14,22,24-30,34-35,41,49-50,57,60,62-70,72-73,81,88-89,99-102,105-109H,15-21,23,31-33H2,1-6H3,(H2,87,103)(H,90,104)(H,91,114)(H,92,111)(H,93,113)(H,94,115)(H,95,110)(H,96,112)(H,97,116). The molecule has 21 N–H and O–H groups in total. The zero-order chi connectivity index (χ0) is 88.9. The van der Waals surface area contributed by atoms with Crippen LogP contribution in [0.3, 0.4) is 0 Å². The molecule has 8 aliphatic rings. The number of nitrogens with zero attached hydrogens (tertiary/aromatic N) is 1. The molecule has 6 aromatic rings. The molecular formula is C82H96Cl4N12O25. The maximum atomic E-state index is 16.3. The molecule has 37 nitrogen and oxygen atoms in total. The lowest BCUT2D eigenvalue weighted by Crippen LogP contribution is -2.66. The average molecular weight is 1790 g/mol. The van der Waals surface area contributed by atoms with Crippen molar-refractivity contribution in [1.82, 2.24) is 58.2 Å². The van der Waals surface area contributed by atoms with Crippen LogP contribution in [0.2, 0.25) is 20.1 Å². The highest BCUT2D eigenvalue weighted by molar-refractivity contribution is 6.42. The van der Waals surface area contributed by atoms with Crippen LogP contribution < -0.4 is 73.3 Å². The van der Waals surface area contributed by atoms with Crippen LogP contribution >= 0.6 is 46.4 Å². The van der Waals surface area contributed by atoms with Gasteiger partial charge in [0.15, 0.2) is 23.9 Å². The van der Waals surface area contributed by atoms with Crippen LogP contribution in [0.1, 0.15) is 124 Å². The van der Waals surface area contributed by atoms with Gasteiger partial charge in [-0.25, -0.2) is 5.48 Å². The van der Waals surface area contributed by atoms with Crippen molar-refractivity contribution in [3.8, 4) is 57.1 Å². The number of ether oxygens (including phenoxy) is 6. The number of carbonyl (C=O) groups is 9. The summed E-state index contributed by atoms with van der Waals surface area (Å²) in [4.78, 5) is 140. The first-order valence-corrected chi connectivity index (χ1v) is 40.9. The normalized spacial score (nSPS) is 27.3. The zero-order valence-electron chi connectivity index (χ0n) is 67.1. The van der Waals surface area contributed by atoms with Gasteiger partial charge in [-0.1, -0.05) is 84.5 Å². The minimum Gasteiger partial charge on any atom is -0.508 e. The summed E-state index contributed by atoms with van der Waals surface area (Å²) >= 11 is 26.7. The fourth-order valence-electron chi connectivity index (χ4n) is 15.7. The molecule has 0 aliphatic carbocycles. The second-order valence-corrected chi connectivity index (χ2v) is 33.1. The third kappa shape index (κ3) is 21.2. The summed E-state index contributed by atoms with van der Waals surface area (Å²) in [5, 5.41) is 131. The maximum Gasteiger partial charge on any atom is 0.270 e. The first-order valence-electron chi connectivity index (χ1n) is 39.4. The number of likely N-dealkylation sites (tertiary alicyclic amines) is 1.